The number of fused-ring (bicyclic) bond motifs is 2. The van der Waals surface area contributed by atoms with E-state index in [1.54, 1.807) is 5.57 Å². The van der Waals surface area contributed by atoms with Crippen molar-refractivity contribution in [1.29, 1.82) is 0 Å². The van der Waals surface area contributed by atoms with Crippen molar-refractivity contribution in [1.82, 2.24) is 0 Å². The van der Waals surface area contributed by atoms with Crippen LogP contribution in [0.5, 0.6) is 0 Å². The number of ether oxygens (including phenoxy) is 1. The molecular weight excluding hydrogens is 160 g/mol. The Labute approximate surface area is 81.2 Å². The lowest BCUT2D eigenvalue weighted by molar-refractivity contribution is 0.0550. The Morgan fingerprint density at radius 2 is 2.38 bits per heavy atom. The van der Waals surface area contributed by atoms with Gasteiger partial charge >= 0.3 is 0 Å². The summed E-state index contributed by atoms with van der Waals surface area (Å²) >= 11 is 0. The van der Waals surface area contributed by atoms with Crippen molar-refractivity contribution in [3.63, 3.8) is 0 Å². The fraction of sp³-hybridized carbons (Fsp3) is 0.833. The second kappa shape index (κ2) is 4.28. The maximum absolute atomic E-state index is 5.92. The Hall–Kier alpha value is -0.300. The van der Waals surface area contributed by atoms with Gasteiger partial charge in [-0.3, -0.25) is 0 Å². The van der Waals surface area contributed by atoms with Gasteiger partial charge in [0.05, 0.1) is 6.10 Å². The molecule has 0 aromatic carbocycles. The fourth-order valence-electron chi connectivity index (χ4n) is 2.52. The van der Waals surface area contributed by atoms with Gasteiger partial charge in [0.1, 0.15) is 0 Å². The van der Waals surface area contributed by atoms with Gasteiger partial charge in [-0.05, 0) is 37.2 Å². The predicted molar refractivity (Wildman–Crippen MR) is 54.7 cm³/mol. The summed E-state index contributed by atoms with van der Waals surface area (Å²) < 4.78 is 5.92. The zero-order valence-corrected chi connectivity index (χ0v) is 8.59. The smallest absolute Gasteiger partial charge is 0.0816 e. The van der Waals surface area contributed by atoms with Gasteiger partial charge in [0.25, 0.3) is 0 Å². The van der Waals surface area contributed by atoms with Crippen LogP contribution in [0.4, 0.5) is 0 Å². The first-order valence-corrected chi connectivity index (χ1v) is 5.72. The number of hydrogen-bond donors (Lipinski definition) is 0. The molecule has 0 spiro atoms. The van der Waals surface area contributed by atoms with Crippen LogP contribution in [0.15, 0.2) is 11.6 Å². The average molecular weight is 180 g/mol. The quantitative estimate of drug-likeness (QED) is 0.466. The summed E-state index contributed by atoms with van der Waals surface area (Å²) in [7, 11) is 0. The zero-order valence-electron chi connectivity index (χ0n) is 8.59. The molecule has 1 nitrogen and oxygen atoms in total. The number of allylic oxidation sites excluding steroid dienone is 1. The van der Waals surface area contributed by atoms with E-state index in [0.29, 0.717) is 6.10 Å². The molecule has 0 aromatic heterocycles. The van der Waals surface area contributed by atoms with E-state index < -0.39 is 0 Å². The van der Waals surface area contributed by atoms with Crippen LogP contribution in [-0.2, 0) is 4.74 Å². The lowest BCUT2D eigenvalue weighted by Gasteiger charge is -2.14. The summed E-state index contributed by atoms with van der Waals surface area (Å²) in [5, 5.41) is 0. The highest BCUT2D eigenvalue weighted by Gasteiger charge is 2.35. The van der Waals surface area contributed by atoms with Crippen molar-refractivity contribution >= 4 is 0 Å². The van der Waals surface area contributed by atoms with Gasteiger partial charge in [-0.1, -0.05) is 25.8 Å². The Morgan fingerprint density at radius 3 is 2.92 bits per heavy atom. The summed E-state index contributed by atoms with van der Waals surface area (Å²) in [6, 6.07) is 0. The number of hydrogen-bond acceptors (Lipinski definition) is 1. The van der Waals surface area contributed by atoms with E-state index in [9.17, 15) is 0 Å². The molecule has 1 saturated carbocycles. The minimum absolute atomic E-state index is 0.525. The minimum Gasteiger partial charge on any atom is -0.374 e. The van der Waals surface area contributed by atoms with Crippen LogP contribution in [0, 0.1) is 5.92 Å². The van der Waals surface area contributed by atoms with Gasteiger partial charge in [-0.25, -0.2) is 0 Å². The number of unbranched alkanes of at least 4 members (excludes halogenated alkanes) is 2. The predicted octanol–water partition coefficient (Wildman–Crippen LogP) is 3.30. The fourth-order valence-corrected chi connectivity index (χ4v) is 2.52. The van der Waals surface area contributed by atoms with Crippen LogP contribution < -0.4 is 0 Å². The third-order valence-electron chi connectivity index (χ3n) is 3.33. The topological polar surface area (TPSA) is 9.23 Å². The molecular formula is C12H20O. The number of rotatable bonds is 5. The molecule has 0 N–H and O–H groups in total. The second-order valence-electron chi connectivity index (χ2n) is 4.31. The lowest BCUT2D eigenvalue weighted by atomic mass is 10.1. The molecule has 2 unspecified atom stereocenters. The molecule has 0 amide bonds. The molecule has 2 bridgehead atoms. The molecule has 1 heteroatoms. The van der Waals surface area contributed by atoms with E-state index in [4.69, 9.17) is 4.74 Å². The van der Waals surface area contributed by atoms with E-state index in [-0.39, 0.29) is 0 Å². The molecule has 13 heavy (non-hydrogen) atoms. The summed E-state index contributed by atoms with van der Waals surface area (Å²) in [5.41, 5.74) is 1.60. The van der Waals surface area contributed by atoms with Crippen molar-refractivity contribution in [3.05, 3.63) is 11.6 Å². The molecule has 74 valence electrons. The molecule has 2 aliphatic carbocycles. The van der Waals surface area contributed by atoms with Gasteiger partial charge in [0.2, 0.25) is 0 Å². The third-order valence-corrected chi connectivity index (χ3v) is 3.33. The first-order valence-electron chi connectivity index (χ1n) is 5.72. The second-order valence-corrected chi connectivity index (χ2v) is 4.31. The van der Waals surface area contributed by atoms with Crippen molar-refractivity contribution in [3.8, 4) is 0 Å². The van der Waals surface area contributed by atoms with Crippen molar-refractivity contribution in [2.24, 2.45) is 5.92 Å². The minimum atomic E-state index is 0.525. The highest BCUT2D eigenvalue weighted by atomic mass is 16.5. The SMILES string of the molecule is CCCCCOC1C2=CCC1CC2. The van der Waals surface area contributed by atoms with Crippen LogP contribution in [0.1, 0.15) is 45.4 Å². The highest BCUT2D eigenvalue weighted by Crippen LogP contribution is 2.41. The molecule has 0 aromatic rings. The molecule has 2 aliphatic rings. The van der Waals surface area contributed by atoms with Crippen LogP contribution >= 0.6 is 0 Å². The molecule has 2 rings (SSSR count). The van der Waals surface area contributed by atoms with Crippen LogP contribution in [0.25, 0.3) is 0 Å². The Morgan fingerprint density at radius 1 is 1.46 bits per heavy atom. The zero-order chi connectivity index (χ0) is 9.10. The average Bonchev–Trinajstić information content (AvgIpc) is 2.72. The maximum Gasteiger partial charge on any atom is 0.0816 e. The van der Waals surface area contributed by atoms with Crippen LogP contribution in [0.3, 0.4) is 0 Å². The Kier molecular flexibility index (Phi) is 3.05. The van der Waals surface area contributed by atoms with Gasteiger partial charge < -0.3 is 4.74 Å². The van der Waals surface area contributed by atoms with Gasteiger partial charge in [-0.15, -0.1) is 0 Å². The van der Waals surface area contributed by atoms with Crippen molar-refractivity contribution in [2.75, 3.05) is 6.61 Å². The molecule has 0 saturated heterocycles. The first kappa shape index (κ1) is 9.26. The van der Waals surface area contributed by atoms with Gasteiger partial charge in [-0.2, -0.15) is 0 Å². The lowest BCUT2D eigenvalue weighted by Crippen LogP contribution is -2.16. The first-order chi connectivity index (χ1) is 6.42. The van der Waals surface area contributed by atoms with Gasteiger partial charge in [0.15, 0.2) is 0 Å². The molecule has 0 aliphatic heterocycles. The van der Waals surface area contributed by atoms with E-state index in [2.05, 4.69) is 13.0 Å². The normalized spacial score (nSPS) is 31.0. The standard InChI is InChI=1S/C12H20O/c1-2-3-4-9-13-12-10-5-6-11(12)8-7-10/h5,11-12H,2-4,6-9H2,1H3. The summed E-state index contributed by atoms with van der Waals surface area (Å²) in [5.74, 6) is 0.844. The molecule has 1 fully saturated rings. The Bertz CT molecular complexity index is 195. The molecule has 2 atom stereocenters. The summed E-state index contributed by atoms with van der Waals surface area (Å²) in [6.45, 7) is 3.22. The van der Waals surface area contributed by atoms with E-state index in [1.165, 1.54) is 38.5 Å². The van der Waals surface area contributed by atoms with Crippen molar-refractivity contribution in [2.45, 2.75) is 51.6 Å². The maximum atomic E-state index is 5.92. The van der Waals surface area contributed by atoms with Crippen LogP contribution in [0.2, 0.25) is 0 Å². The Balaban J connectivity index is 1.68. The molecule has 0 heterocycles. The monoisotopic (exact) mass is 180 g/mol. The summed E-state index contributed by atoms with van der Waals surface area (Å²) in [6.07, 6.45) is 10.8. The van der Waals surface area contributed by atoms with E-state index >= 15 is 0 Å². The van der Waals surface area contributed by atoms with Crippen molar-refractivity contribution < 1.29 is 4.74 Å². The van der Waals surface area contributed by atoms with Crippen LogP contribution in [-0.4, -0.2) is 12.7 Å². The summed E-state index contributed by atoms with van der Waals surface area (Å²) in [4.78, 5) is 0. The van der Waals surface area contributed by atoms with E-state index in [1.807, 2.05) is 0 Å². The highest BCUT2D eigenvalue weighted by molar-refractivity contribution is 5.22. The third kappa shape index (κ3) is 1.96. The molecule has 0 radical (unpaired) electrons. The van der Waals surface area contributed by atoms with E-state index in [0.717, 1.165) is 12.5 Å². The van der Waals surface area contributed by atoms with Gasteiger partial charge in [0, 0.05) is 6.61 Å². The largest absolute Gasteiger partial charge is 0.374 e.